The van der Waals surface area contributed by atoms with Crippen molar-refractivity contribution in [2.24, 2.45) is 0 Å². The highest BCUT2D eigenvalue weighted by atomic mass is 32.2. The maximum absolute atomic E-state index is 12.6. The SMILES string of the molecule is Cc1ncc(S(=O)(=O)N2CCc3sccc3C2C)[nH]1. The fourth-order valence-corrected chi connectivity index (χ4v) is 5.01. The normalized spacial score (nSPS) is 20.4. The maximum Gasteiger partial charge on any atom is 0.260 e. The van der Waals surface area contributed by atoms with Crippen molar-refractivity contribution in [2.45, 2.75) is 31.3 Å². The Labute approximate surface area is 116 Å². The van der Waals surface area contributed by atoms with Crippen LogP contribution in [0.4, 0.5) is 0 Å². The summed E-state index contributed by atoms with van der Waals surface area (Å²) in [7, 11) is -3.49. The molecule has 0 aliphatic carbocycles. The van der Waals surface area contributed by atoms with E-state index in [0.717, 1.165) is 12.0 Å². The number of aryl methyl sites for hydroxylation is 1. The number of hydrogen-bond donors (Lipinski definition) is 1. The van der Waals surface area contributed by atoms with Crippen molar-refractivity contribution in [3.8, 4) is 0 Å². The number of imidazole rings is 1. The second-order valence-electron chi connectivity index (χ2n) is 4.67. The number of rotatable bonds is 2. The van der Waals surface area contributed by atoms with E-state index in [-0.39, 0.29) is 11.1 Å². The highest BCUT2D eigenvalue weighted by Gasteiger charge is 2.35. The number of aromatic nitrogens is 2. The van der Waals surface area contributed by atoms with Gasteiger partial charge in [0.1, 0.15) is 5.82 Å². The van der Waals surface area contributed by atoms with Gasteiger partial charge in [-0.3, -0.25) is 0 Å². The first-order valence-corrected chi connectivity index (χ1v) is 8.42. The third-order valence-corrected chi connectivity index (χ3v) is 6.36. The fraction of sp³-hybridized carbons (Fsp3) is 0.417. The van der Waals surface area contributed by atoms with Gasteiger partial charge in [-0.15, -0.1) is 11.3 Å². The van der Waals surface area contributed by atoms with Gasteiger partial charge in [-0.1, -0.05) is 0 Å². The Balaban J connectivity index is 2.00. The molecular weight excluding hydrogens is 282 g/mol. The maximum atomic E-state index is 12.6. The molecule has 19 heavy (non-hydrogen) atoms. The number of fused-ring (bicyclic) bond motifs is 1. The lowest BCUT2D eigenvalue weighted by atomic mass is 10.0. The summed E-state index contributed by atoms with van der Waals surface area (Å²) in [6.07, 6.45) is 2.17. The third kappa shape index (κ3) is 2.01. The number of H-pyrrole nitrogens is 1. The molecule has 3 rings (SSSR count). The monoisotopic (exact) mass is 297 g/mol. The molecule has 0 fully saturated rings. The molecule has 1 atom stereocenters. The van der Waals surface area contributed by atoms with Crippen LogP contribution in [0, 0.1) is 6.92 Å². The standard InChI is InChI=1S/C12H15N3O2S2/c1-8-10-4-6-18-11(10)3-5-15(8)19(16,17)12-7-13-9(2)14-12/h4,6-8H,3,5H2,1-2H3,(H,13,14). The van der Waals surface area contributed by atoms with Gasteiger partial charge in [0.05, 0.1) is 6.20 Å². The van der Waals surface area contributed by atoms with Crippen molar-refractivity contribution in [2.75, 3.05) is 6.54 Å². The molecule has 2 aromatic heterocycles. The third-order valence-electron chi connectivity index (χ3n) is 3.49. The highest BCUT2D eigenvalue weighted by Crippen LogP contribution is 2.35. The number of sulfonamides is 1. The Hall–Kier alpha value is -1.18. The second-order valence-corrected chi connectivity index (χ2v) is 7.53. The van der Waals surface area contributed by atoms with Gasteiger partial charge in [0.15, 0.2) is 5.03 Å². The zero-order chi connectivity index (χ0) is 13.6. The summed E-state index contributed by atoms with van der Waals surface area (Å²) >= 11 is 1.70. The zero-order valence-electron chi connectivity index (χ0n) is 10.8. The first-order valence-electron chi connectivity index (χ1n) is 6.10. The Morgan fingerprint density at radius 2 is 2.32 bits per heavy atom. The first kappa shape index (κ1) is 12.8. The van der Waals surface area contributed by atoms with E-state index < -0.39 is 10.0 Å². The molecular formula is C12H15N3O2S2. The summed E-state index contributed by atoms with van der Waals surface area (Å²) in [5, 5.41) is 2.20. The summed E-state index contributed by atoms with van der Waals surface area (Å²) in [5.41, 5.74) is 1.12. The Morgan fingerprint density at radius 1 is 1.53 bits per heavy atom. The predicted molar refractivity (Wildman–Crippen MR) is 73.7 cm³/mol. The second kappa shape index (κ2) is 4.43. The average molecular weight is 297 g/mol. The summed E-state index contributed by atoms with van der Waals surface area (Å²) in [6, 6.07) is 1.90. The molecule has 0 saturated heterocycles. The molecule has 0 radical (unpaired) electrons. The predicted octanol–water partition coefficient (Wildman–Crippen LogP) is 2.09. The molecule has 0 saturated carbocycles. The lowest BCUT2D eigenvalue weighted by Gasteiger charge is -2.31. The number of hydrogen-bond acceptors (Lipinski definition) is 4. The van der Waals surface area contributed by atoms with Crippen molar-refractivity contribution in [3.05, 3.63) is 33.9 Å². The van der Waals surface area contributed by atoms with Crippen LogP contribution >= 0.6 is 11.3 Å². The molecule has 1 unspecified atom stereocenters. The molecule has 1 aliphatic heterocycles. The summed E-state index contributed by atoms with van der Waals surface area (Å²) in [4.78, 5) is 8.08. The molecule has 1 N–H and O–H groups in total. The van der Waals surface area contributed by atoms with Gasteiger partial charge in [0.2, 0.25) is 0 Å². The van der Waals surface area contributed by atoms with Crippen molar-refractivity contribution in [3.63, 3.8) is 0 Å². The van der Waals surface area contributed by atoms with E-state index in [9.17, 15) is 8.42 Å². The smallest absolute Gasteiger partial charge is 0.260 e. The van der Waals surface area contributed by atoms with E-state index in [2.05, 4.69) is 9.97 Å². The van der Waals surface area contributed by atoms with Gasteiger partial charge in [-0.2, -0.15) is 4.31 Å². The van der Waals surface area contributed by atoms with Crippen molar-refractivity contribution in [1.29, 1.82) is 0 Å². The molecule has 0 spiro atoms. The van der Waals surface area contributed by atoms with E-state index in [0.29, 0.717) is 12.4 Å². The quantitative estimate of drug-likeness (QED) is 0.923. The molecule has 102 valence electrons. The topological polar surface area (TPSA) is 66.1 Å². The van der Waals surface area contributed by atoms with E-state index in [4.69, 9.17) is 0 Å². The van der Waals surface area contributed by atoms with E-state index in [1.807, 2.05) is 18.4 Å². The van der Waals surface area contributed by atoms with Gasteiger partial charge in [0, 0.05) is 17.5 Å². The van der Waals surface area contributed by atoms with Gasteiger partial charge >= 0.3 is 0 Å². The molecule has 3 heterocycles. The van der Waals surface area contributed by atoms with E-state index in [1.54, 1.807) is 22.6 Å². The number of thiophene rings is 1. The summed E-state index contributed by atoms with van der Waals surface area (Å²) < 4.78 is 26.8. The summed E-state index contributed by atoms with van der Waals surface area (Å²) in [5.74, 6) is 0.611. The Morgan fingerprint density at radius 3 is 3.00 bits per heavy atom. The Kier molecular flexibility index (Phi) is 2.99. The minimum absolute atomic E-state index is 0.122. The lowest BCUT2D eigenvalue weighted by Crippen LogP contribution is -2.38. The van der Waals surface area contributed by atoms with Gasteiger partial charge in [-0.25, -0.2) is 13.4 Å². The van der Waals surface area contributed by atoms with Crippen LogP contribution in [0.3, 0.4) is 0 Å². The van der Waals surface area contributed by atoms with Crippen LogP contribution in [-0.4, -0.2) is 29.2 Å². The molecule has 5 nitrogen and oxygen atoms in total. The number of nitrogens with zero attached hydrogens (tertiary/aromatic N) is 2. The average Bonchev–Trinajstić information content (AvgIpc) is 2.97. The van der Waals surface area contributed by atoms with Crippen LogP contribution in [0.15, 0.2) is 22.7 Å². The first-order chi connectivity index (χ1) is 9.00. The van der Waals surface area contributed by atoms with Crippen LogP contribution in [0.2, 0.25) is 0 Å². The van der Waals surface area contributed by atoms with Crippen LogP contribution < -0.4 is 0 Å². The number of aromatic amines is 1. The number of nitrogens with one attached hydrogen (secondary N) is 1. The highest BCUT2D eigenvalue weighted by molar-refractivity contribution is 7.89. The van der Waals surface area contributed by atoms with Crippen LogP contribution in [-0.2, 0) is 16.4 Å². The molecule has 1 aliphatic rings. The van der Waals surface area contributed by atoms with Gasteiger partial charge in [-0.05, 0) is 37.3 Å². The van der Waals surface area contributed by atoms with Crippen molar-refractivity contribution in [1.82, 2.24) is 14.3 Å². The minimum atomic E-state index is -3.49. The van der Waals surface area contributed by atoms with Crippen LogP contribution in [0.1, 0.15) is 29.2 Å². The Bertz CT molecular complexity index is 702. The van der Waals surface area contributed by atoms with Crippen molar-refractivity contribution < 1.29 is 8.42 Å². The molecule has 2 aromatic rings. The molecule has 0 amide bonds. The minimum Gasteiger partial charge on any atom is -0.332 e. The zero-order valence-corrected chi connectivity index (χ0v) is 12.4. The van der Waals surface area contributed by atoms with Crippen LogP contribution in [0.25, 0.3) is 0 Å². The molecule has 0 aromatic carbocycles. The van der Waals surface area contributed by atoms with Gasteiger partial charge in [0.25, 0.3) is 10.0 Å². The fourth-order valence-electron chi connectivity index (χ4n) is 2.47. The van der Waals surface area contributed by atoms with Gasteiger partial charge < -0.3 is 4.98 Å². The van der Waals surface area contributed by atoms with Crippen LogP contribution in [0.5, 0.6) is 0 Å². The molecule has 7 heteroatoms. The largest absolute Gasteiger partial charge is 0.332 e. The van der Waals surface area contributed by atoms with E-state index >= 15 is 0 Å². The van der Waals surface area contributed by atoms with E-state index in [1.165, 1.54) is 11.1 Å². The lowest BCUT2D eigenvalue weighted by molar-refractivity contribution is 0.328. The molecule has 0 bridgehead atoms. The summed E-state index contributed by atoms with van der Waals surface area (Å²) in [6.45, 7) is 4.20. The van der Waals surface area contributed by atoms with Crippen molar-refractivity contribution >= 4 is 21.4 Å².